The Morgan fingerprint density at radius 2 is 1.62 bits per heavy atom. The third-order valence-electron chi connectivity index (χ3n) is 3.87. The van der Waals surface area contributed by atoms with Crippen LogP contribution in [-0.4, -0.2) is 6.10 Å². The second kappa shape index (κ2) is 6.86. The van der Waals surface area contributed by atoms with Gasteiger partial charge in [-0.3, -0.25) is 0 Å². The zero-order chi connectivity index (χ0) is 14.5. The average Bonchev–Trinajstić information content (AvgIpc) is 3.01. The molecule has 1 fully saturated rings. The third kappa shape index (κ3) is 4.15. The van der Waals surface area contributed by atoms with E-state index in [2.05, 4.69) is 29.6 Å². The lowest BCUT2D eigenvalue weighted by Crippen LogP contribution is -2.10. The topological polar surface area (TPSA) is 21.3 Å². The van der Waals surface area contributed by atoms with Crippen molar-refractivity contribution in [1.82, 2.24) is 0 Å². The molecule has 1 saturated carbocycles. The van der Waals surface area contributed by atoms with E-state index in [0.717, 1.165) is 23.0 Å². The van der Waals surface area contributed by atoms with Gasteiger partial charge in [-0.25, -0.2) is 0 Å². The molecule has 0 aliphatic heterocycles. The van der Waals surface area contributed by atoms with Crippen LogP contribution in [0.4, 0.5) is 5.69 Å². The summed E-state index contributed by atoms with van der Waals surface area (Å²) in [4.78, 5) is 0. The monoisotopic (exact) mass is 301 g/mol. The van der Waals surface area contributed by atoms with Crippen LogP contribution in [0.1, 0.15) is 31.2 Å². The largest absolute Gasteiger partial charge is 0.490 e. The van der Waals surface area contributed by atoms with Gasteiger partial charge >= 0.3 is 0 Å². The van der Waals surface area contributed by atoms with Crippen molar-refractivity contribution in [2.45, 2.75) is 38.3 Å². The van der Waals surface area contributed by atoms with Gasteiger partial charge in [0.2, 0.25) is 0 Å². The molecule has 0 amide bonds. The second-order valence-electron chi connectivity index (χ2n) is 5.53. The number of nitrogens with one attached hydrogen (secondary N) is 1. The Morgan fingerprint density at radius 3 is 2.29 bits per heavy atom. The minimum atomic E-state index is 0.419. The molecule has 21 heavy (non-hydrogen) atoms. The van der Waals surface area contributed by atoms with E-state index >= 15 is 0 Å². The van der Waals surface area contributed by atoms with Gasteiger partial charge in [0.25, 0.3) is 0 Å². The normalized spacial score (nSPS) is 15.1. The van der Waals surface area contributed by atoms with Gasteiger partial charge in [-0.15, -0.1) is 0 Å². The van der Waals surface area contributed by atoms with Gasteiger partial charge in [0.1, 0.15) is 5.75 Å². The van der Waals surface area contributed by atoms with Gasteiger partial charge < -0.3 is 10.1 Å². The Labute approximate surface area is 131 Å². The smallest absolute Gasteiger partial charge is 0.119 e. The van der Waals surface area contributed by atoms with Crippen LogP contribution >= 0.6 is 11.6 Å². The summed E-state index contributed by atoms with van der Waals surface area (Å²) in [6, 6.07) is 16.1. The van der Waals surface area contributed by atoms with Gasteiger partial charge in [0.15, 0.2) is 0 Å². The Hall–Kier alpha value is -1.67. The van der Waals surface area contributed by atoms with Crippen molar-refractivity contribution >= 4 is 17.3 Å². The SMILES string of the molecule is Clc1ccc(NCc2ccc(OC3CCCC3)cc2)cc1. The molecule has 0 bridgehead atoms. The zero-order valence-electron chi connectivity index (χ0n) is 12.0. The molecule has 2 aromatic carbocycles. The molecule has 0 aromatic heterocycles. The number of rotatable bonds is 5. The number of ether oxygens (including phenoxy) is 1. The Balaban J connectivity index is 1.52. The van der Waals surface area contributed by atoms with Gasteiger partial charge in [-0.2, -0.15) is 0 Å². The van der Waals surface area contributed by atoms with Crippen LogP contribution < -0.4 is 10.1 Å². The Morgan fingerprint density at radius 1 is 0.952 bits per heavy atom. The number of halogens is 1. The van der Waals surface area contributed by atoms with Crippen LogP contribution in [-0.2, 0) is 6.54 Å². The van der Waals surface area contributed by atoms with Crippen LogP contribution in [0.25, 0.3) is 0 Å². The number of benzene rings is 2. The van der Waals surface area contributed by atoms with Gasteiger partial charge in [0.05, 0.1) is 6.10 Å². The van der Waals surface area contributed by atoms with E-state index in [1.165, 1.54) is 31.2 Å². The first-order valence-electron chi connectivity index (χ1n) is 7.55. The molecule has 2 nitrogen and oxygen atoms in total. The summed E-state index contributed by atoms with van der Waals surface area (Å²) in [5, 5.41) is 4.14. The molecule has 0 saturated heterocycles. The minimum Gasteiger partial charge on any atom is -0.490 e. The number of hydrogen-bond donors (Lipinski definition) is 1. The molecule has 1 N–H and O–H groups in total. The fraction of sp³-hybridized carbons (Fsp3) is 0.333. The van der Waals surface area contributed by atoms with E-state index < -0.39 is 0 Å². The highest BCUT2D eigenvalue weighted by Gasteiger charge is 2.16. The van der Waals surface area contributed by atoms with Crippen LogP contribution in [0.15, 0.2) is 48.5 Å². The van der Waals surface area contributed by atoms with Crippen molar-refractivity contribution in [3.05, 3.63) is 59.1 Å². The summed E-state index contributed by atoms with van der Waals surface area (Å²) in [5.74, 6) is 0.983. The van der Waals surface area contributed by atoms with Crippen LogP contribution in [0.3, 0.4) is 0 Å². The molecule has 0 heterocycles. The first kappa shape index (κ1) is 14.3. The van der Waals surface area contributed by atoms with Crippen molar-refractivity contribution in [2.75, 3.05) is 5.32 Å². The van der Waals surface area contributed by atoms with Crippen LogP contribution in [0, 0.1) is 0 Å². The molecule has 0 spiro atoms. The maximum Gasteiger partial charge on any atom is 0.119 e. The molecule has 1 aliphatic rings. The standard InChI is InChI=1S/C18H20ClNO/c19-15-7-9-16(10-8-15)20-13-14-5-11-18(12-6-14)21-17-3-1-2-4-17/h5-12,17,20H,1-4,13H2. The summed E-state index contributed by atoms with van der Waals surface area (Å²) >= 11 is 5.87. The summed E-state index contributed by atoms with van der Waals surface area (Å²) in [5.41, 5.74) is 2.31. The fourth-order valence-corrected chi connectivity index (χ4v) is 2.78. The van der Waals surface area contributed by atoms with Gasteiger partial charge in [0, 0.05) is 17.3 Å². The number of anilines is 1. The van der Waals surface area contributed by atoms with Crippen molar-refractivity contribution < 1.29 is 4.74 Å². The fourth-order valence-electron chi connectivity index (χ4n) is 2.66. The van der Waals surface area contributed by atoms with Crippen LogP contribution in [0.2, 0.25) is 5.02 Å². The Kier molecular flexibility index (Phi) is 4.66. The summed E-state index contributed by atoms with van der Waals surface area (Å²) in [6.45, 7) is 0.797. The quantitative estimate of drug-likeness (QED) is 0.812. The lowest BCUT2D eigenvalue weighted by atomic mass is 10.2. The highest BCUT2D eigenvalue weighted by molar-refractivity contribution is 6.30. The lowest BCUT2D eigenvalue weighted by molar-refractivity contribution is 0.210. The van der Waals surface area contributed by atoms with E-state index in [1.54, 1.807) is 0 Å². The molecule has 2 aromatic rings. The first-order valence-corrected chi connectivity index (χ1v) is 7.92. The molecular formula is C18H20ClNO. The van der Waals surface area contributed by atoms with E-state index in [-0.39, 0.29) is 0 Å². The average molecular weight is 302 g/mol. The highest BCUT2D eigenvalue weighted by atomic mass is 35.5. The third-order valence-corrected chi connectivity index (χ3v) is 4.12. The maximum absolute atomic E-state index is 5.97. The van der Waals surface area contributed by atoms with Crippen molar-refractivity contribution in [3.8, 4) is 5.75 Å². The molecule has 0 radical (unpaired) electrons. The molecule has 0 unspecified atom stereocenters. The van der Waals surface area contributed by atoms with E-state index in [9.17, 15) is 0 Å². The summed E-state index contributed by atoms with van der Waals surface area (Å²) in [6.07, 6.45) is 5.41. The minimum absolute atomic E-state index is 0.419. The van der Waals surface area contributed by atoms with Gasteiger partial charge in [-0.1, -0.05) is 23.7 Å². The molecule has 1 aliphatic carbocycles. The Bertz CT molecular complexity index is 559. The van der Waals surface area contributed by atoms with E-state index in [1.807, 2.05) is 24.3 Å². The van der Waals surface area contributed by atoms with Crippen molar-refractivity contribution in [3.63, 3.8) is 0 Å². The molecule has 0 atom stereocenters. The number of hydrogen-bond acceptors (Lipinski definition) is 2. The maximum atomic E-state index is 5.97. The molecule has 3 heteroatoms. The van der Waals surface area contributed by atoms with Crippen molar-refractivity contribution in [1.29, 1.82) is 0 Å². The highest BCUT2D eigenvalue weighted by Crippen LogP contribution is 2.24. The molecular weight excluding hydrogens is 282 g/mol. The lowest BCUT2D eigenvalue weighted by Gasteiger charge is -2.13. The predicted octanol–water partition coefficient (Wildman–Crippen LogP) is 5.27. The molecule has 3 rings (SSSR count). The van der Waals surface area contributed by atoms with Gasteiger partial charge in [-0.05, 0) is 67.6 Å². The van der Waals surface area contributed by atoms with Crippen molar-refractivity contribution in [2.24, 2.45) is 0 Å². The first-order chi connectivity index (χ1) is 10.3. The summed E-state index contributed by atoms with van der Waals surface area (Å²) < 4.78 is 5.97. The summed E-state index contributed by atoms with van der Waals surface area (Å²) in [7, 11) is 0. The van der Waals surface area contributed by atoms with E-state index in [0.29, 0.717) is 6.10 Å². The predicted molar refractivity (Wildman–Crippen MR) is 88.1 cm³/mol. The molecule has 110 valence electrons. The zero-order valence-corrected chi connectivity index (χ0v) is 12.8. The second-order valence-corrected chi connectivity index (χ2v) is 5.97. The van der Waals surface area contributed by atoms with Crippen LogP contribution in [0.5, 0.6) is 5.75 Å². The van der Waals surface area contributed by atoms with E-state index in [4.69, 9.17) is 16.3 Å².